The zero-order valence-electron chi connectivity index (χ0n) is 14.7. The first-order valence-electron chi connectivity index (χ1n) is 8.34. The third-order valence-electron chi connectivity index (χ3n) is 4.23. The molecule has 1 saturated heterocycles. The normalized spacial score (nSPS) is 17.2. The number of nitrogens with zero attached hydrogens (tertiary/aromatic N) is 3. The van der Waals surface area contributed by atoms with Crippen LogP contribution >= 0.6 is 0 Å². The smallest absolute Gasteiger partial charge is 0.323 e. The number of carbonyl (C=O) groups excluding carboxylic acids is 2. The maximum absolute atomic E-state index is 12.7. The van der Waals surface area contributed by atoms with Crippen LogP contribution in [0.4, 0.5) is 0 Å². The van der Waals surface area contributed by atoms with Crippen molar-refractivity contribution < 1.29 is 19.5 Å². The lowest BCUT2D eigenvalue weighted by atomic mass is 10.1. The van der Waals surface area contributed by atoms with Crippen LogP contribution in [0.25, 0.3) is 0 Å². The summed E-state index contributed by atoms with van der Waals surface area (Å²) in [6.07, 6.45) is 0.143. The molecule has 2 amide bonds. The Morgan fingerprint density at radius 3 is 2.48 bits per heavy atom. The average molecular weight is 347 g/mol. The molecule has 0 spiro atoms. The molecule has 136 valence electrons. The van der Waals surface area contributed by atoms with Gasteiger partial charge in [0, 0.05) is 32.6 Å². The van der Waals surface area contributed by atoms with Crippen molar-refractivity contribution in [2.24, 2.45) is 5.92 Å². The number of likely N-dealkylation sites (N-methyl/N-ethyl adjacent to an activating group) is 1. The number of likely N-dealkylation sites (tertiary alicyclic amines) is 1. The second kappa shape index (κ2) is 8.62. The first-order chi connectivity index (χ1) is 11.9. The molecule has 0 aliphatic carbocycles. The minimum atomic E-state index is -1.04. The lowest BCUT2D eigenvalue weighted by molar-refractivity contribution is -0.146. The van der Waals surface area contributed by atoms with E-state index in [0.717, 1.165) is 5.56 Å². The van der Waals surface area contributed by atoms with Crippen LogP contribution in [0.1, 0.15) is 12.0 Å². The highest BCUT2D eigenvalue weighted by molar-refractivity contribution is 5.90. The third-order valence-corrected chi connectivity index (χ3v) is 4.23. The van der Waals surface area contributed by atoms with Crippen LogP contribution in [0.3, 0.4) is 0 Å². The molecule has 1 N–H and O–H groups in total. The molecule has 0 bridgehead atoms. The lowest BCUT2D eigenvalue weighted by Gasteiger charge is -2.25. The van der Waals surface area contributed by atoms with Gasteiger partial charge in [-0.1, -0.05) is 30.3 Å². The van der Waals surface area contributed by atoms with E-state index in [0.29, 0.717) is 26.2 Å². The Labute approximate surface area is 147 Å². The number of rotatable bonds is 8. The Morgan fingerprint density at radius 1 is 1.20 bits per heavy atom. The van der Waals surface area contributed by atoms with E-state index in [2.05, 4.69) is 0 Å². The number of hydrogen-bond acceptors (Lipinski definition) is 4. The zero-order chi connectivity index (χ0) is 18.4. The Kier molecular flexibility index (Phi) is 6.52. The fourth-order valence-corrected chi connectivity index (χ4v) is 2.90. The van der Waals surface area contributed by atoms with Gasteiger partial charge in [-0.2, -0.15) is 0 Å². The van der Waals surface area contributed by atoms with Crippen LogP contribution in [0.5, 0.6) is 0 Å². The van der Waals surface area contributed by atoms with Gasteiger partial charge < -0.3 is 19.8 Å². The quantitative estimate of drug-likeness (QED) is 0.741. The minimum Gasteiger partial charge on any atom is -0.480 e. The molecule has 1 aromatic rings. The monoisotopic (exact) mass is 347 g/mol. The molecular weight excluding hydrogens is 322 g/mol. The molecule has 1 heterocycles. The fraction of sp³-hybridized carbons (Fsp3) is 0.500. The van der Waals surface area contributed by atoms with Gasteiger partial charge in [0.1, 0.15) is 6.54 Å². The van der Waals surface area contributed by atoms with E-state index in [9.17, 15) is 14.4 Å². The summed E-state index contributed by atoms with van der Waals surface area (Å²) in [6, 6.07) is 9.62. The van der Waals surface area contributed by atoms with Crippen molar-refractivity contribution in [3.63, 3.8) is 0 Å². The van der Waals surface area contributed by atoms with Gasteiger partial charge in [-0.3, -0.25) is 14.4 Å². The van der Waals surface area contributed by atoms with Crippen molar-refractivity contribution in [2.75, 3.05) is 40.3 Å². The average Bonchev–Trinajstić information content (AvgIpc) is 2.92. The summed E-state index contributed by atoms with van der Waals surface area (Å²) in [7, 11) is 3.73. The molecule has 7 heteroatoms. The van der Waals surface area contributed by atoms with E-state index in [4.69, 9.17) is 5.11 Å². The van der Waals surface area contributed by atoms with Gasteiger partial charge in [-0.05, 0) is 19.7 Å². The summed E-state index contributed by atoms with van der Waals surface area (Å²) >= 11 is 0. The Morgan fingerprint density at radius 2 is 1.88 bits per heavy atom. The molecule has 0 saturated carbocycles. The molecule has 2 rings (SSSR count). The molecule has 1 atom stereocenters. The van der Waals surface area contributed by atoms with Crippen LogP contribution in [-0.4, -0.2) is 77.9 Å². The van der Waals surface area contributed by atoms with Crippen LogP contribution in [0.2, 0.25) is 0 Å². The molecule has 0 unspecified atom stereocenters. The van der Waals surface area contributed by atoms with Gasteiger partial charge in [0.25, 0.3) is 0 Å². The molecule has 0 aromatic heterocycles. The summed E-state index contributed by atoms with van der Waals surface area (Å²) in [6.45, 7) is 1.38. The van der Waals surface area contributed by atoms with Crippen molar-refractivity contribution in [3.05, 3.63) is 35.9 Å². The molecule has 1 aliphatic rings. The molecule has 7 nitrogen and oxygen atoms in total. The predicted octanol–water partition coefficient (Wildman–Crippen LogP) is 0.510. The first kappa shape index (κ1) is 18.9. The number of carbonyl (C=O) groups is 3. The van der Waals surface area contributed by atoms with Crippen molar-refractivity contribution in [1.29, 1.82) is 0 Å². The lowest BCUT2D eigenvalue weighted by Crippen LogP contribution is -2.43. The standard InChI is InChI=1S/C18H25N3O4/c1-19(2)8-9-20(13-17(23)24)18(25)15-10-16(22)21(12-15)11-14-6-4-3-5-7-14/h3-7,15H,8-13H2,1-2H3,(H,23,24)/t15-/m1/s1. The third kappa shape index (κ3) is 5.56. The van der Waals surface area contributed by atoms with E-state index in [-0.39, 0.29) is 24.8 Å². The number of carboxylic acid groups (broad SMARTS) is 1. The number of benzene rings is 1. The number of aliphatic carboxylic acids is 1. The molecule has 1 aromatic carbocycles. The van der Waals surface area contributed by atoms with Crippen molar-refractivity contribution in [1.82, 2.24) is 14.7 Å². The second-order valence-electron chi connectivity index (χ2n) is 6.62. The summed E-state index contributed by atoms with van der Waals surface area (Å²) in [5.41, 5.74) is 1.01. The van der Waals surface area contributed by atoms with E-state index >= 15 is 0 Å². The highest BCUT2D eigenvalue weighted by atomic mass is 16.4. The van der Waals surface area contributed by atoms with Gasteiger partial charge in [0.2, 0.25) is 11.8 Å². The largest absolute Gasteiger partial charge is 0.480 e. The van der Waals surface area contributed by atoms with Crippen LogP contribution < -0.4 is 0 Å². The van der Waals surface area contributed by atoms with Crippen LogP contribution in [0, 0.1) is 5.92 Å². The van der Waals surface area contributed by atoms with Crippen molar-refractivity contribution >= 4 is 17.8 Å². The van der Waals surface area contributed by atoms with Gasteiger partial charge in [0.15, 0.2) is 0 Å². The van der Waals surface area contributed by atoms with Gasteiger partial charge in [0.05, 0.1) is 5.92 Å². The maximum Gasteiger partial charge on any atom is 0.323 e. The molecule has 0 radical (unpaired) electrons. The van der Waals surface area contributed by atoms with Gasteiger partial charge in [-0.25, -0.2) is 0 Å². The topological polar surface area (TPSA) is 81.2 Å². The Balaban J connectivity index is 2.00. The number of amides is 2. The van der Waals surface area contributed by atoms with E-state index < -0.39 is 11.9 Å². The van der Waals surface area contributed by atoms with Gasteiger partial charge >= 0.3 is 5.97 Å². The summed E-state index contributed by atoms with van der Waals surface area (Å²) < 4.78 is 0. The molecule has 1 fully saturated rings. The van der Waals surface area contributed by atoms with E-state index in [1.165, 1.54) is 4.90 Å². The summed E-state index contributed by atoms with van der Waals surface area (Å²) in [5.74, 6) is -1.84. The summed E-state index contributed by atoms with van der Waals surface area (Å²) in [5, 5.41) is 9.05. The zero-order valence-corrected chi connectivity index (χ0v) is 14.7. The number of hydrogen-bond donors (Lipinski definition) is 1. The molecule has 1 aliphatic heterocycles. The van der Waals surface area contributed by atoms with E-state index in [1.54, 1.807) is 4.90 Å². The van der Waals surface area contributed by atoms with Crippen LogP contribution in [0.15, 0.2) is 30.3 Å². The second-order valence-corrected chi connectivity index (χ2v) is 6.62. The highest BCUT2D eigenvalue weighted by Crippen LogP contribution is 2.22. The molecular formula is C18H25N3O4. The first-order valence-corrected chi connectivity index (χ1v) is 8.34. The van der Waals surface area contributed by atoms with Crippen LogP contribution in [-0.2, 0) is 20.9 Å². The highest BCUT2D eigenvalue weighted by Gasteiger charge is 2.36. The maximum atomic E-state index is 12.7. The fourth-order valence-electron chi connectivity index (χ4n) is 2.90. The SMILES string of the molecule is CN(C)CCN(CC(=O)O)C(=O)[C@@H]1CC(=O)N(Cc2ccccc2)C1. The Hall–Kier alpha value is -2.41. The van der Waals surface area contributed by atoms with Gasteiger partial charge in [-0.15, -0.1) is 0 Å². The molecule has 25 heavy (non-hydrogen) atoms. The van der Waals surface area contributed by atoms with E-state index in [1.807, 2.05) is 49.3 Å². The number of carboxylic acids is 1. The summed E-state index contributed by atoms with van der Waals surface area (Å²) in [4.78, 5) is 40.9. The minimum absolute atomic E-state index is 0.0647. The Bertz CT molecular complexity index is 618. The van der Waals surface area contributed by atoms with Crippen molar-refractivity contribution in [2.45, 2.75) is 13.0 Å². The predicted molar refractivity (Wildman–Crippen MR) is 92.7 cm³/mol. The van der Waals surface area contributed by atoms with Crippen molar-refractivity contribution in [3.8, 4) is 0 Å².